The van der Waals surface area contributed by atoms with Gasteiger partial charge in [0, 0.05) is 29.9 Å². The molecule has 1 aliphatic carbocycles. The van der Waals surface area contributed by atoms with Crippen LogP contribution in [0.25, 0.3) is 0 Å². The van der Waals surface area contributed by atoms with Gasteiger partial charge in [0.15, 0.2) is 0 Å². The smallest absolute Gasteiger partial charge is 0.0198 e. The monoisotopic (exact) mass is 256 g/mol. The molecule has 0 radical (unpaired) electrons. The van der Waals surface area contributed by atoms with Gasteiger partial charge in [0.1, 0.15) is 0 Å². The van der Waals surface area contributed by atoms with Gasteiger partial charge >= 0.3 is 0 Å². The Balaban J connectivity index is 1.89. The highest BCUT2D eigenvalue weighted by Crippen LogP contribution is 2.30. The summed E-state index contributed by atoms with van der Waals surface area (Å²) in [5.74, 6) is 0.791. The lowest BCUT2D eigenvalue weighted by Crippen LogP contribution is -2.54. The highest BCUT2D eigenvalue weighted by molar-refractivity contribution is 7.99. The first-order chi connectivity index (χ1) is 8.11. The van der Waals surface area contributed by atoms with E-state index >= 15 is 0 Å². The van der Waals surface area contributed by atoms with Gasteiger partial charge in [-0.2, -0.15) is 11.8 Å². The van der Waals surface area contributed by atoms with Crippen LogP contribution in [0, 0.1) is 5.92 Å². The van der Waals surface area contributed by atoms with Crippen molar-refractivity contribution in [2.45, 2.75) is 62.9 Å². The fourth-order valence-electron chi connectivity index (χ4n) is 3.45. The van der Waals surface area contributed by atoms with Crippen molar-refractivity contribution in [3.63, 3.8) is 0 Å². The van der Waals surface area contributed by atoms with Crippen molar-refractivity contribution in [2.75, 3.05) is 19.8 Å². The molecule has 2 rings (SSSR count). The van der Waals surface area contributed by atoms with Gasteiger partial charge in [0.2, 0.25) is 0 Å². The molecule has 1 N–H and O–H groups in total. The average Bonchev–Trinajstić information content (AvgIpc) is 2.73. The minimum Gasteiger partial charge on any atom is -0.310 e. The third-order valence-electron chi connectivity index (χ3n) is 4.79. The van der Waals surface area contributed by atoms with Crippen molar-refractivity contribution in [3.8, 4) is 0 Å². The Morgan fingerprint density at radius 2 is 1.94 bits per heavy atom. The van der Waals surface area contributed by atoms with Crippen LogP contribution in [0.15, 0.2) is 0 Å². The number of hydrogen-bond acceptors (Lipinski definition) is 3. The van der Waals surface area contributed by atoms with E-state index in [1.807, 2.05) is 0 Å². The summed E-state index contributed by atoms with van der Waals surface area (Å²) in [4.78, 5) is 2.50. The van der Waals surface area contributed by atoms with Crippen LogP contribution in [0.5, 0.6) is 0 Å². The van der Waals surface area contributed by atoms with Crippen molar-refractivity contribution in [3.05, 3.63) is 0 Å². The number of thioether (sulfide) groups is 1. The van der Waals surface area contributed by atoms with Crippen LogP contribution >= 0.6 is 11.8 Å². The van der Waals surface area contributed by atoms with Gasteiger partial charge in [-0.15, -0.1) is 0 Å². The van der Waals surface area contributed by atoms with E-state index in [2.05, 4.69) is 49.1 Å². The summed E-state index contributed by atoms with van der Waals surface area (Å²) in [5.41, 5.74) is 0. The third kappa shape index (κ3) is 3.18. The fraction of sp³-hybridized carbons (Fsp3) is 1.00. The zero-order chi connectivity index (χ0) is 12.4. The summed E-state index contributed by atoms with van der Waals surface area (Å²) >= 11 is 2.06. The van der Waals surface area contributed by atoms with Crippen LogP contribution in [0.4, 0.5) is 0 Å². The molecule has 0 aromatic rings. The normalized spacial score (nSPS) is 44.1. The molecule has 2 aliphatic rings. The van der Waals surface area contributed by atoms with E-state index in [1.165, 1.54) is 32.2 Å². The number of hydrogen-bond donors (Lipinski definition) is 1. The van der Waals surface area contributed by atoms with E-state index in [0.29, 0.717) is 0 Å². The van der Waals surface area contributed by atoms with Crippen LogP contribution in [0.2, 0.25) is 0 Å². The van der Waals surface area contributed by atoms with E-state index in [4.69, 9.17) is 0 Å². The number of nitrogens with one attached hydrogen (secondary N) is 1. The van der Waals surface area contributed by atoms with E-state index in [9.17, 15) is 0 Å². The number of piperidine rings is 1. The van der Waals surface area contributed by atoms with Gasteiger partial charge in [-0.25, -0.2) is 0 Å². The molecule has 100 valence electrons. The SMILES string of the molecule is CSC1CCCC1NC1CC(C)N(C)CC1C. The number of likely N-dealkylation sites (tertiary alicyclic amines) is 1. The number of rotatable bonds is 3. The number of nitrogens with zero attached hydrogens (tertiary/aromatic N) is 1. The molecule has 3 heteroatoms. The molecule has 2 fully saturated rings. The van der Waals surface area contributed by atoms with Gasteiger partial charge in [-0.3, -0.25) is 0 Å². The molecule has 1 saturated heterocycles. The Morgan fingerprint density at radius 1 is 1.18 bits per heavy atom. The summed E-state index contributed by atoms with van der Waals surface area (Å²) in [6.07, 6.45) is 7.80. The molecule has 1 saturated carbocycles. The third-order valence-corrected chi connectivity index (χ3v) is 5.96. The minimum absolute atomic E-state index is 0.734. The van der Waals surface area contributed by atoms with E-state index in [1.54, 1.807) is 0 Å². The highest BCUT2D eigenvalue weighted by atomic mass is 32.2. The molecule has 1 aliphatic heterocycles. The summed E-state index contributed by atoms with van der Waals surface area (Å²) in [6, 6.07) is 2.24. The van der Waals surface area contributed by atoms with E-state index in [0.717, 1.165) is 29.3 Å². The van der Waals surface area contributed by atoms with Crippen molar-refractivity contribution in [1.82, 2.24) is 10.2 Å². The van der Waals surface area contributed by atoms with Crippen LogP contribution < -0.4 is 5.32 Å². The molecule has 5 atom stereocenters. The first-order valence-electron chi connectivity index (χ1n) is 7.11. The van der Waals surface area contributed by atoms with Crippen molar-refractivity contribution in [1.29, 1.82) is 0 Å². The lowest BCUT2D eigenvalue weighted by molar-refractivity contribution is 0.116. The molecule has 0 bridgehead atoms. The zero-order valence-electron chi connectivity index (χ0n) is 11.8. The molecular weight excluding hydrogens is 228 g/mol. The van der Waals surface area contributed by atoms with E-state index < -0.39 is 0 Å². The van der Waals surface area contributed by atoms with Gasteiger partial charge in [-0.1, -0.05) is 13.3 Å². The maximum atomic E-state index is 3.97. The highest BCUT2D eigenvalue weighted by Gasteiger charge is 2.33. The van der Waals surface area contributed by atoms with Gasteiger partial charge in [0.05, 0.1) is 0 Å². The van der Waals surface area contributed by atoms with Crippen molar-refractivity contribution in [2.24, 2.45) is 5.92 Å². The predicted molar refractivity (Wildman–Crippen MR) is 77.7 cm³/mol. The van der Waals surface area contributed by atoms with Crippen molar-refractivity contribution >= 4 is 11.8 Å². The van der Waals surface area contributed by atoms with Crippen LogP contribution in [-0.2, 0) is 0 Å². The standard InChI is InChI=1S/C14H28N2S/c1-10-9-16(3)11(2)8-13(10)15-12-6-5-7-14(12)17-4/h10-15H,5-9H2,1-4H3. The first-order valence-corrected chi connectivity index (χ1v) is 8.39. The second-order valence-corrected chi connectivity index (χ2v) is 7.16. The molecule has 1 heterocycles. The molecule has 5 unspecified atom stereocenters. The molecule has 0 aromatic heterocycles. The Hall–Kier alpha value is 0.270. The first kappa shape index (κ1) is 13.7. The van der Waals surface area contributed by atoms with Crippen LogP contribution in [-0.4, -0.2) is 48.1 Å². The average molecular weight is 256 g/mol. The van der Waals surface area contributed by atoms with Gasteiger partial charge < -0.3 is 10.2 Å². The molecule has 17 heavy (non-hydrogen) atoms. The predicted octanol–water partition coefficient (Wildman–Crippen LogP) is 2.59. The topological polar surface area (TPSA) is 15.3 Å². The summed E-state index contributed by atoms with van der Waals surface area (Å²) in [7, 11) is 2.26. The molecule has 0 amide bonds. The minimum atomic E-state index is 0.734. The summed E-state index contributed by atoms with van der Waals surface area (Å²) in [6.45, 7) is 6.01. The second kappa shape index (κ2) is 5.94. The van der Waals surface area contributed by atoms with Crippen LogP contribution in [0.1, 0.15) is 39.5 Å². The molecule has 2 nitrogen and oxygen atoms in total. The quantitative estimate of drug-likeness (QED) is 0.835. The molecular formula is C14H28N2S. The maximum Gasteiger partial charge on any atom is 0.0198 e. The van der Waals surface area contributed by atoms with Gasteiger partial charge in [-0.05, 0) is 45.4 Å². The lowest BCUT2D eigenvalue weighted by atomic mass is 9.89. The summed E-state index contributed by atoms with van der Waals surface area (Å²) in [5, 5.41) is 4.83. The zero-order valence-corrected chi connectivity index (χ0v) is 12.6. The Bertz CT molecular complexity index is 246. The summed E-state index contributed by atoms with van der Waals surface area (Å²) < 4.78 is 0. The Kier molecular flexibility index (Phi) is 4.79. The fourth-order valence-corrected chi connectivity index (χ4v) is 4.39. The van der Waals surface area contributed by atoms with E-state index in [-0.39, 0.29) is 0 Å². The van der Waals surface area contributed by atoms with Gasteiger partial charge in [0.25, 0.3) is 0 Å². The molecule has 0 aromatic carbocycles. The largest absolute Gasteiger partial charge is 0.310 e. The molecule has 0 spiro atoms. The van der Waals surface area contributed by atoms with Crippen molar-refractivity contribution < 1.29 is 0 Å². The van der Waals surface area contributed by atoms with Crippen LogP contribution in [0.3, 0.4) is 0 Å². The Morgan fingerprint density at radius 3 is 2.65 bits per heavy atom. The second-order valence-electron chi connectivity index (χ2n) is 6.09. The maximum absolute atomic E-state index is 3.97. The Labute approximate surface area is 111 Å². The lowest BCUT2D eigenvalue weighted by Gasteiger charge is -2.41.